The van der Waals surface area contributed by atoms with E-state index < -0.39 is 35.7 Å². The molecule has 4 heteroatoms. The maximum Gasteiger partial charge on any atom is 0.203 e. The molecule has 98 valence electrons. The first-order valence-corrected chi connectivity index (χ1v) is 7.46. The van der Waals surface area contributed by atoms with E-state index >= 15 is 0 Å². The lowest BCUT2D eigenvalue weighted by Crippen LogP contribution is -2.09. The number of carbonyl (C=O) groups is 2. The Bertz CT molecular complexity index is 855. The first-order valence-electron chi connectivity index (χ1n) is 7.70. The third-order valence-electron chi connectivity index (χ3n) is 2.63. The van der Waals surface area contributed by atoms with Gasteiger partial charge in [0.05, 0.1) is 15.2 Å². The largest absolute Gasteiger partial charge is 0.288 e. The van der Waals surface area contributed by atoms with Crippen molar-refractivity contribution in [2.24, 2.45) is 0 Å². The van der Waals surface area contributed by atoms with E-state index in [1.165, 1.54) is 0 Å². The summed E-state index contributed by atoms with van der Waals surface area (Å²) in [4.78, 5) is 26.1. The summed E-state index contributed by atoms with van der Waals surface area (Å²) in [6, 6.07) is 4.43. The van der Waals surface area contributed by atoms with Crippen LogP contribution >= 0.6 is 22.7 Å². The van der Waals surface area contributed by atoms with E-state index in [2.05, 4.69) is 0 Å². The van der Waals surface area contributed by atoms with Crippen molar-refractivity contribution >= 4 is 34.2 Å². The summed E-state index contributed by atoms with van der Waals surface area (Å²) in [5, 5.41) is 3.39. The molecule has 2 aromatic heterocycles. The van der Waals surface area contributed by atoms with Gasteiger partial charge >= 0.3 is 0 Å². The van der Waals surface area contributed by atoms with Crippen molar-refractivity contribution in [2.45, 2.75) is 0 Å². The van der Waals surface area contributed by atoms with Gasteiger partial charge in [0.2, 0.25) is 11.6 Å². The minimum atomic E-state index is -0.572. The number of benzene rings is 1. The molecule has 3 aromatic rings. The minimum Gasteiger partial charge on any atom is -0.288 e. The number of carbonyl (C=O) groups excluding carboxylic acids is 2. The van der Waals surface area contributed by atoms with Gasteiger partial charge in [-0.2, -0.15) is 0 Å². The van der Waals surface area contributed by atoms with Crippen molar-refractivity contribution in [2.75, 3.05) is 0 Å². The van der Waals surface area contributed by atoms with Gasteiger partial charge in [-0.25, -0.2) is 0 Å². The van der Waals surface area contributed by atoms with Crippen LogP contribution in [0.3, 0.4) is 0 Å². The Morgan fingerprint density at radius 2 is 1.30 bits per heavy atom. The van der Waals surface area contributed by atoms with E-state index in [1.807, 2.05) is 0 Å². The van der Waals surface area contributed by atoms with Gasteiger partial charge < -0.3 is 0 Å². The van der Waals surface area contributed by atoms with E-state index in [1.54, 1.807) is 35.0 Å². The molecule has 0 N–H and O–H groups in total. The molecule has 20 heavy (non-hydrogen) atoms. The lowest BCUT2D eigenvalue weighted by Gasteiger charge is -2.05. The number of hydrogen-bond donors (Lipinski definition) is 0. The van der Waals surface area contributed by atoms with E-state index in [-0.39, 0.29) is 11.1 Å². The van der Waals surface area contributed by atoms with Gasteiger partial charge in [-0.15, -0.1) is 22.7 Å². The molecular weight excluding hydrogens is 288 g/mol. The number of ketones is 2. The zero-order valence-electron chi connectivity index (χ0n) is 14.1. The smallest absolute Gasteiger partial charge is 0.203 e. The second-order valence-corrected chi connectivity index (χ2v) is 5.76. The van der Waals surface area contributed by atoms with E-state index in [0.29, 0.717) is 9.75 Å². The topological polar surface area (TPSA) is 34.1 Å². The third kappa shape index (κ3) is 2.35. The Balaban J connectivity index is 2.31. The van der Waals surface area contributed by atoms with E-state index in [9.17, 15) is 9.59 Å². The van der Waals surface area contributed by atoms with E-state index in [0.717, 1.165) is 22.7 Å². The molecule has 2 heterocycles. The average Bonchev–Trinajstić information content (AvgIpc) is 3.28. The first-order chi connectivity index (χ1) is 11.4. The van der Waals surface area contributed by atoms with Crippen molar-refractivity contribution in [1.29, 1.82) is 0 Å². The van der Waals surface area contributed by atoms with Crippen LogP contribution in [-0.4, -0.2) is 11.6 Å². The summed E-state index contributed by atoms with van der Waals surface area (Å²) in [6.07, 6.45) is 0. The lowest BCUT2D eigenvalue weighted by atomic mass is 9.99. The molecule has 0 unspecified atom stereocenters. The van der Waals surface area contributed by atoms with Crippen LogP contribution in [0.25, 0.3) is 0 Å². The Morgan fingerprint density at radius 3 is 1.65 bits per heavy atom. The van der Waals surface area contributed by atoms with Crippen molar-refractivity contribution in [1.82, 2.24) is 0 Å². The van der Waals surface area contributed by atoms with E-state index in [4.69, 9.17) is 5.48 Å². The Kier molecular flexibility index (Phi) is 2.49. The zero-order valence-corrected chi connectivity index (χ0v) is 11.7. The minimum absolute atomic E-state index is 0.276. The first kappa shape index (κ1) is 9.00. The predicted molar refractivity (Wildman–Crippen MR) is 81.9 cm³/mol. The maximum absolute atomic E-state index is 12.8. The fourth-order valence-corrected chi connectivity index (χ4v) is 3.05. The Hall–Kier alpha value is -2.04. The van der Waals surface area contributed by atoms with Crippen LogP contribution in [0, 0.1) is 0 Å². The Labute approximate surface area is 129 Å². The molecule has 0 aliphatic rings. The molecule has 3 rings (SSSR count). The van der Waals surface area contributed by atoms with Crippen LogP contribution in [0.5, 0.6) is 0 Å². The quantitative estimate of drug-likeness (QED) is 0.674. The summed E-state index contributed by atoms with van der Waals surface area (Å²) < 4.78 is 31.7. The van der Waals surface area contributed by atoms with Crippen LogP contribution < -0.4 is 0 Å². The van der Waals surface area contributed by atoms with Crippen LogP contribution in [0.1, 0.15) is 36.0 Å². The monoisotopic (exact) mass is 302 g/mol. The highest BCUT2D eigenvalue weighted by atomic mass is 32.1. The molecular formula is C16H10O2S2. The average molecular weight is 302 g/mol. The van der Waals surface area contributed by atoms with Gasteiger partial charge in [-0.3, -0.25) is 9.59 Å². The number of thiophene rings is 2. The van der Waals surface area contributed by atoms with Gasteiger partial charge in [-0.05, 0) is 22.9 Å². The third-order valence-corrected chi connectivity index (χ3v) is 4.37. The summed E-state index contributed by atoms with van der Waals surface area (Å²) >= 11 is 2.31. The molecule has 0 radical (unpaired) electrons. The lowest BCUT2D eigenvalue weighted by molar-refractivity contribution is 0.101. The number of rotatable bonds is 4. The normalized spacial score (nSPS) is 13.2. The van der Waals surface area contributed by atoms with Crippen molar-refractivity contribution < 1.29 is 15.1 Å². The van der Waals surface area contributed by atoms with Gasteiger partial charge in [0.25, 0.3) is 0 Å². The molecule has 1 aromatic carbocycles. The van der Waals surface area contributed by atoms with Gasteiger partial charge in [0.1, 0.15) is 0 Å². The van der Waals surface area contributed by atoms with Crippen molar-refractivity contribution in [3.05, 3.63) is 80.1 Å². The van der Waals surface area contributed by atoms with Gasteiger partial charge in [0.15, 0.2) is 0 Å². The van der Waals surface area contributed by atoms with Crippen molar-refractivity contribution in [3.63, 3.8) is 0 Å². The predicted octanol–water partition coefficient (Wildman–Crippen LogP) is 4.27. The second kappa shape index (κ2) is 5.53. The summed E-state index contributed by atoms with van der Waals surface area (Å²) in [7, 11) is 0. The molecule has 0 bridgehead atoms. The highest BCUT2D eigenvalue weighted by molar-refractivity contribution is 7.12. The van der Waals surface area contributed by atoms with Crippen LogP contribution in [0.2, 0.25) is 0 Å². The Morgan fingerprint density at radius 1 is 0.850 bits per heavy atom. The van der Waals surface area contributed by atoms with Crippen LogP contribution in [-0.2, 0) is 0 Å². The summed E-state index contributed by atoms with van der Waals surface area (Å²) in [5.74, 6) is -1.14. The molecule has 0 fully saturated rings. The molecule has 0 amide bonds. The maximum atomic E-state index is 12.8. The molecule has 0 spiro atoms. The fourth-order valence-electron chi connectivity index (χ4n) is 1.72. The highest BCUT2D eigenvalue weighted by Gasteiger charge is 2.19. The molecule has 0 aliphatic heterocycles. The SMILES string of the molecule is [2H]c1c([2H])c([2H])c(C(=O)c2cccs2)c(C(=O)c2cccs2)c1[2H]. The second-order valence-electron chi connectivity index (χ2n) is 3.86. The standard InChI is InChI=1S/C16H10O2S2/c17-15(13-7-3-9-19-13)11-5-1-2-6-12(11)16(18)14-8-4-10-20-14/h1-10H/i1D,2D,5D,6D. The molecule has 2 nitrogen and oxygen atoms in total. The summed E-state index contributed by atoms with van der Waals surface area (Å²) in [5.41, 5.74) is -0.552. The summed E-state index contributed by atoms with van der Waals surface area (Å²) in [6.45, 7) is 0. The highest BCUT2D eigenvalue weighted by Crippen LogP contribution is 2.22. The molecule has 0 saturated heterocycles. The van der Waals surface area contributed by atoms with Crippen LogP contribution in [0.4, 0.5) is 0 Å². The molecule has 0 atom stereocenters. The van der Waals surface area contributed by atoms with Crippen molar-refractivity contribution in [3.8, 4) is 0 Å². The van der Waals surface area contributed by atoms with Gasteiger partial charge in [0, 0.05) is 11.1 Å². The number of hydrogen-bond acceptors (Lipinski definition) is 4. The molecule has 0 saturated carbocycles. The fraction of sp³-hybridized carbons (Fsp3) is 0. The molecule has 0 aliphatic carbocycles. The van der Waals surface area contributed by atoms with Crippen LogP contribution in [0.15, 0.2) is 59.2 Å². The van der Waals surface area contributed by atoms with Gasteiger partial charge in [-0.1, -0.05) is 36.3 Å². The zero-order chi connectivity index (χ0) is 17.4.